The number of ketones is 1. The Bertz CT molecular complexity index is 881. The van der Waals surface area contributed by atoms with Gasteiger partial charge in [0.1, 0.15) is 5.75 Å². The van der Waals surface area contributed by atoms with Crippen molar-refractivity contribution in [3.8, 4) is 5.75 Å². The van der Waals surface area contributed by atoms with Crippen molar-refractivity contribution in [3.05, 3.63) is 65.3 Å². The fourth-order valence-electron chi connectivity index (χ4n) is 3.54. The standard InChI is InChI=1S/C23H27NO5/c1-4-5-6-13-24-20(16-9-11-17(12-10-16)29-15(2)3)19(22(26)23(24)27)21(25)18-8-7-14-28-18/h7-12,14-15,20,26H,4-6,13H2,1-3H3. The molecule has 1 unspecified atom stereocenters. The van der Waals surface area contributed by atoms with Crippen LogP contribution < -0.4 is 4.74 Å². The van der Waals surface area contributed by atoms with Crippen LogP contribution in [0.15, 0.2) is 58.4 Å². The number of Topliss-reactive ketones (excluding diaryl/α,β-unsaturated/α-hetero) is 1. The zero-order chi connectivity index (χ0) is 21.0. The summed E-state index contributed by atoms with van der Waals surface area (Å²) in [5.41, 5.74) is 0.795. The molecule has 0 saturated heterocycles. The monoisotopic (exact) mass is 397 g/mol. The van der Waals surface area contributed by atoms with Gasteiger partial charge < -0.3 is 19.2 Å². The third-order valence-corrected chi connectivity index (χ3v) is 4.86. The number of aliphatic hydroxyl groups is 1. The minimum Gasteiger partial charge on any atom is -0.503 e. The summed E-state index contributed by atoms with van der Waals surface area (Å²) >= 11 is 0. The Kier molecular flexibility index (Phi) is 6.42. The largest absolute Gasteiger partial charge is 0.503 e. The van der Waals surface area contributed by atoms with E-state index in [9.17, 15) is 14.7 Å². The van der Waals surface area contributed by atoms with Crippen LogP contribution >= 0.6 is 0 Å². The van der Waals surface area contributed by atoms with Crippen molar-refractivity contribution < 1.29 is 23.8 Å². The number of rotatable bonds is 9. The summed E-state index contributed by atoms with van der Waals surface area (Å²) in [5.74, 6) is -0.706. The number of amides is 1. The number of carbonyl (C=O) groups excluding carboxylic acids is 2. The summed E-state index contributed by atoms with van der Waals surface area (Å²) in [6.45, 7) is 6.43. The second-order valence-corrected chi connectivity index (χ2v) is 7.41. The average molecular weight is 397 g/mol. The van der Waals surface area contributed by atoms with Gasteiger partial charge in [0.2, 0.25) is 5.78 Å². The van der Waals surface area contributed by atoms with Crippen LogP contribution in [0.4, 0.5) is 0 Å². The number of carbonyl (C=O) groups is 2. The van der Waals surface area contributed by atoms with E-state index in [-0.39, 0.29) is 17.4 Å². The molecule has 0 radical (unpaired) electrons. The predicted molar refractivity (Wildman–Crippen MR) is 109 cm³/mol. The van der Waals surface area contributed by atoms with Crippen LogP contribution in [0, 0.1) is 0 Å². The maximum atomic E-state index is 13.0. The molecule has 0 spiro atoms. The molecule has 1 aliphatic heterocycles. The maximum absolute atomic E-state index is 13.0. The number of nitrogens with zero attached hydrogens (tertiary/aromatic N) is 1. The van der Waals surface area contributed by atoms with Gasteiger partial charge in [0.15, 0.2) is 11.5 Å². The second kappa shape index (κ2) is 8.99. The van der Waals surface area contributed by atoms with E-state index < -0.39 is 23.5 Å². The van der Waals surface area contributed by atoms with Gasteiger partial charge in [-0.3, -0.25) is 9.59 Å². The van der Waals surface area contributed by atoms with Gasteiger partial charge in [-0.15, -0.1) is 0 Å². The molecule has 1 aromatic heterocycles. The van der Waals surface area contributed by atoms with Crippen LogP contribution in [-0.2, 0) is 4.79 Å². The molecule has 6 nitrogen and oxygen atoms in total. The lowest BCUT2D eigenvalue weighted by atomic mass is 9.95. The fraction of sp³-hybridized carbons (Fsp3) is 0.391. The number of hydrogen-bond acceptors (Lipinski definition) is 5. The molecule has 2 heterocycles. The molecule has 154 valence electrons. The van der Waals surface area contributed by atoms with Crippen LogP contribution in [0.3, 0.4) is 0 Å². The van der Waals surface area contributed by atoms with Crippen LogP contribution in [0.5, 0.6) is 5.75 Å². The third-order valence-electron chi connectivity index (χ3n) is 4.86. The molecule has 0 fully saturated rings. The molecule has 1 atom stereocenters. The normalized spacial score (nSPS) is 16.8. The van der Waals surface area contributed by atoms with E-state index in [0.717, 1.165) is 24.8 Å². The number of furan rings is 1. The minimum atomic E-state index is -0.662. The quantitative estimate of drug-likeness (QED) is 0.484. The third kappa shape index (κ3) is 4.36. The van der Waals surface area contributed by atoms with E-state index in [1.807, 2.05) is 38.1 Å². The van der Waals surface area contributed by atoms with E-state index in [2.05, 4.69) is 6.92 Å². The summed E-state index contributed by atoms with van der Waals surface area (Å²) < 4.78 is 10.9. The van der Waals surface area contributed by atoms with E-state index >= 15 is 0 Å². The lowest BCUT2D eigenvalue weighted by molar-refractivity contribution is -0.129. The summed E-state index contributed by atoms with van der Waals surface area (Å²) in [5, 5.41) is 10.6. The molecule has 2 aromatic rings. The van der Waals surface area contributed by atoms with Gasteiger partial charge >= 0.3 is 0 Å². The number of ether oxygens (including phenoxy) is 1. The molecular weight excluding hydrogens is 370 g/mol. The molecule has 1 N–H and O–H groups in total. The highest BCUT2D eigenvalue weighted by Gasteiger charge is 2.44. The van der Waals surface area contributed by atoms with Gasteiger partial charge in [-0.05, 0) is 50.1 Å². The van der Waals surface area contributed by atoms with Crippen LogP contribution in [0.25, 0.3) is 0 Å². The van der Waals surface area contributed by atoms with Crippen molar-refractivity contribution >= 4 is 11.7 Å². The molecule has 1 amide bonds. The number of hydrogen-bond donors (Lipinski definition) is 1. The van der Waals surface area contributed by atoms with Gasteiger partial charge in [0, 0.05) is 6.54 Å². The molecule has 0 bridgehead atoms. The fourth-order valence-corrected chi connectivity index (χ4v) is 3.54. The van der Waals surface area contributed by atoms with Crippen molar-refractivity contribution in [3.63, 3.8) is 0 Å². The Morgan fingerprint density at radius 2 is 1.93 bits per heavy atom. The number of aliphatic hydroxyl groups excluding tert-OH is 1. The summed E-state index contributed by atoms with van der Waals surface area (Å²) in [6, 6.07) is 9.76. The van der Waals surface area contributed by atoms with Crippen molar-refractivity contribution in [2.24, 2.45) is 0 Å². The highest BCUT2D eigenvalue weighted by atomic mass is 16.5. The van der Waals surface area contributed by atoms with Crippen molar-refractivity contribution in [1.82, 2.24) is 4.90 Å². The molecule has 1 aromatic carbocycles. The van der Waals surface area contributed by atoms with Crippen LogP contribution in [0.1, 0.15) is 62.2 Å². The van der Waals surface area contributed by atoms with E-state index in [0.29, 0.717) is 12.3 Å². The van der Waals surface area contributed by atoms with Crippen LogP contribution in [0.2, 0.25) is 0 Å². The Hall–Kier alpha value is -3.02. The Labute approximate surface area is 170 Å². The molecule has 1 aliphatic rings. The minimum absolute atomic E-state index is 0.0412. The highest BCUT2D eigenvalue weighted by Crippen LogP contribution is 2.39. The molecular formula is C23H27NO5. The lowest BCUT2D eigenvalue weighted by Gasteiger charge is -2.27. The Balaban J connectivity index is 1.98. The van der Waals surface area contributed by atoms with Crippen molar-refractivity contribution in [1.29, 1.82) is 0 Å². The number of benzene rings is 1. The summed E-state index contributed by atoms with van der Waals surface area (Å²) in [6.07, 6.45) is 4.20. The zero-order valence-corrected chi connectivity index (χ0v) is 17.1. The first-order chi connectivity index (χ1) is 13.9. The first-order valence-corrected chi connectivity index (χ1v) is 10.0. The average Bonchev–Trinajstić information content (AvgIpc) is 3.31. The Morgan fingerprint density at radius 1 is 1.21 bits per heavy atom. The molecule has 0 saturated carbocycles. The topological polar surface area (TPSA) is 80.0 Å². The van der Waals surface area contributed by atoms with Crippen molar-refractivity contribution in [2.45, 2.75) is 52.2 Å². The van der Waals surface area contributed by atoms with Gasteiger partial charge in [0.05, 0.1) is 24.0 Å². The zero-order valence-electron chi connectivity index (χ0n) is 17.1. The van der Waals surface area contributed by atoms with Gasteiger partial charge in [-0.1, -0.05) is 31.9 Å². The van der Waals surface area contributed by atoms with Gasteiger partial charge in [-0.25, -0.2) is 0 Å². The molecule has 0 aliphatic carbocycles. The van der Waals surface area contributed by atoms with E-state index in [4.69, 9.17) is 9.15 Å². The second-order valence-electron chi connectivity index (χ2n) is 7.41. The smallest absolute Gasteiger partial charge is 0.290 e. The van der Waals surface area contributed by atoms with Gasteiger partial charge in [-0.2, -0.15) is 0 Å². The lowest BCUT2D eigenvalue weighted by Crippen LogP contribution is -2.32. The van der Waals surface area contributed by atoms with Crippen LogP contribution in [-0.4, -0.2) is 34.3 Å². The SMILES string of the molecule is CCCCCN1C(=O)C(O)=C(C(=O)c2ccco2)C1c1ccc(OC(C)C)cc1. The summed E-state index contributed by atoms with van der Waals surface area (Å²) in [4.78, 5) is 27.4. The molecule has 3 rings (SSSR count). The summed E-state index contributed by atoms with van der Waals surface area (Å²) in [7, 11) is 0. The highest BCUT2D eigenvalue weighted by molar-refractivity contribution is 6.15. The predicted octanol–water partition coefficient (Wildman–Crippen LogP) is 4.84. The molecule has 29 heavy (non-hydrogen) atoms. The Morgan fingerprint density at radius 3 is 2.52 bits per heavy atom. The maximum Gasteiger partial charge on any atom is 0.290 e. The first kappa shape index (κ1) is 20.7. The van der Waals surface area contributed by atoms with E-state index in [1.165, 1.54) is 12.3 Å². The first-order valence-electron chi connectivity index (χ1n) is 10.0. The number of unbranched alkanes of at least 4 members (excludes halogenated alkanes) is 2. The van der Waals surface area contributed by atoms with Gasteiger partial charge in [0.25, 0.3) is 5.91 Å². The molecule has 6 heteroatoms. The van der Waals surface area contributed by atoms with E-state index in [1.54, 1.807) is 11.0 Å². The van der Waals surface area contributed by atoms with Crippen molar-refractivity contribution in [2.75, 3.05) is 6.54 Å².